The van der Waals surface area contributed by atoms with E-state index in [2.05, 4.69) is 14.9 Å². The molecule has 40 heavy (non-hydrogen) atoms. The van der Waals surface area contributed by atoms with Gasteiger partial charge in [-0.15, -0.1) is 22.7 Å². The van der Waals surface area contributed by atoms with Crippen molar-refractivity contribution in [3.63, 3.8) is 0 Å². The Bertz CT molecular complexity index is 1360. The lowest BCUT2D eigenvalue weighted by atomic mass is 10.1. The molecule has 3 fully saturated rings. The van der Waals surface area contributed by atoms with Crippen molar-refractivity contribution in [1.29, 1.82) is 0 Å². The fourth-order valence-electron chi connectivity index (χ4n) is 5.81. The van der Waals surface area contributed by atoms with E-state index in [-0.39, 0.29) is 40.6 Å². The number of hydrogen-bond acceptors (Lipinski definition) is 8. The predicted molar refractivity (Wildman–Crippen MR) is 156 cm³/mol. The molecule has 0 saturated carbocycles. The minimum atomic E-state index is -3.91. The van der Waals surface area contributed by atoms with E-state index in [0.717, 1.165) is 60.0 Å². The number of carbonyl (C=O) groups is 3. The molecule has 14 heteroatoms. The summed E-state index contributed by atoms with van der Waals surface area (Å²) in [6, 6.07) is 6.21. The molecule has 0 aromatic carbocycles. The number of nitrogens with one attached hydrogen (secondary N) is 2. The van der Waals surface area contributed by atoms with Crippen LogP contribution >= 0.6 is 34.3 Å². The summed E-state index contributed by atoms with van der Waals surface area (Å²) in [7, 11) is -3.91. The monoisotopic (exact) mass is 627 g/mol. The number of sulfonamides is 1. The molecule has 0 aliphatic carbocycles. The molecule has 0 spiro atoms. The number of thiophene rings is 2. The molecule has 0 radical (unpaired) electrons. The second-order valence-corrected chi connectivity index (χ2v) is 15.4. The quantitative estimate of drug-likeness (QED) is 0.441. The average Bonchev–Trinajstić information content (AvgIpc) is 3.69. The molecule has 3 aliphatic heterocycles. The number of likely N-dealkylation sites (tertiary alicyclic amines) is 3. The zero-order chi connectivity index (χ0) is 28.4. The summed E-state index contributed by atoms with van der Waals surface area (Å²) in [5, 5.41) is 2.97. The number of amides is 3. The number of rotatable bonds is 9. The third-order valence-corrected chi connectivity index (χ3v) is 12.1. The molecule has 218 valence electrons. The molecule has 3 unspecified atom stereocenters. The maximum atomic E-state index is 13.3. The van der Waals surface area contributed by atoms with Gasteiger partial charge in [-0.2, -0.15) is 4.72 Å². The van der Waals surface area contributed by atoms with Crippen molar-refractivity contribution in [3.05, 3.63) is 28.6 Å². The Balaban J connectivity index is 1.16. The van der Waals surface area contributed by atoms with E-state index in [9.17, 15) is 22.8 Å². The van der Waals surface area contributed by atoms with E-state index in [1.165, 1.54) is 29.2 Å². The van der Waals surface area contributed by atoms with Crippen LogP contribution in [-0.2, 0) is 24.4 Å². The summed E-state index contributed by atoms with van der Waals surface area (Å²) >= 11 is 8.52. The fraction of sp³-hybridized carbons (Fsp3) is 0.577. The minimum Gasteiger partial charge on any atom is -0.352 e. The molecule has 5 rings (SSSR count). The van der Waals surface area contributed by atoms with Gasteiger partial charge in [0.25, 0.3) is 10.0 Å². The van der Waals surface area contributed by atoms with E-state index in [0.29, 0.717) is 30.3 Å². The van der Waals surface area contributed by atoms with Crippen molar-refractivity contribution >= 4 is 62.0 Å². The number of nitrogens with zero attached hydrogens (tertiary/aromatic N) is 3. The third-order valence-electron chi connectivity index (χ3n) is 7.66. The highest BCUT2D eigenvalue weighted by atomic mass is 35.5. The van der Waals surface area contributed by atoms with Crippen LogP contribution in [0.5, 0.6) is 0 Å². The molecule has 5 heterocycles. The maximum absolute atomic E-state index is 13.3. The minimum absolute atomic E-state index is 0.0276. The molecule has 0 bridgehead atoms. The predicted octanol–water partition coefficient (Wildman–Crippen LogP) is 2.60. The standard InChI is InChI=1S/C26H34ClN5O5S3/c1-17(33)28-18-10-13-30(14-18)15-19-4-2-12-32(19)24(34)16-31-11-3-5-20(26(31)35)29-40(36,37)25-9-7-22(39-25)21-6-8-23(27)38-21/h6-9,18-20,29H,2-5,10-16H2,1H3,(H,28,33). The van der Waals surface area contributed by atoms with Crippen LogP contribution in [0.25, 0.3) is 9.75 Å². The van der Waals surface area contributed by atoms with Crippen LogP contribution in [0.4, 0.5) is 0 Å². The number of halogens is 1. The average molecular weight is 628 g/mol. The molecular weight excluding hydrogens is 594 g/mol. The van der Waals surface area contributed by atoms with Gasteiger partial charge in [-0.3, -0.25) is 19.3 Å². The van der Waals surface area contributed by atoms with Crippen LogP contribution in [0.2, 0.25) is 4.34 Å². The first kappa shape index (κ1) is 29.5. The van der Waals surface area contributed by atoms with E-state index in [1.807, 2.05) is 11.0 Å². The van der Waals surface area contributed by atoms with Gasteiger partial charge in [-0.05, 0) is 56.4 Å². The van der Waals surface area contributed by atoms with Gasteiger partial charge in [0.2, 0.25) is 17.7 Å². The first-order valence-corrected chi connectivity index (χ1v) is 17.0. The van der Waals surface area contributed by atoms with Crippen LogP contribution in [0.15, 0.2) is 28.5 Å². The van der Waals surface area contributed by atoms with Gasteiger partial charge >= 0.3 is 0 Å². The van der Waals surface area contributed by atoms with Crippen molar-refractivity contribution in [3.8, 4) is 9.75 Å². The first-order chi connectivity index (χ1) is 19.1. The van der Waals surface area contributed by atoms with Crippen LogP contribution in [0.1, 0.15) is 39.0 Å². The second kappa shape index (κ2) is 12.5. The number of carbonyl (C=O) groups excluding carboxylic acids is 3. The maximum Gasteiger partial charge on any atom is 0.250 e. The topological polar surface area (TPSA) is 119 Å². The van der Waals surface area contributed by atoms with Gasteiger partial charge in [0, 0.05) is 61.5 Å². The van der Waals surface area contributed by atoms with Crippen molar-refractivity contribution in [1.82, 2.24) is 24.7 Å². The Hall–Kier alpha value is -2.03. The molecule has 3 saturated heterocycles. The molecule has 3 aliphatic rings. The lowest BCUT2D eigenvalue weighted by Crippen LogP contribution is -2.55. The van der Waals surface area contributed by atoms with Crippen molar-refractivity contribution in [2.75, 3.05) is 39.3 Å². The lowest BCUT2D eigenvalue weighted by molar-refractivity contribution is -0.143. The summed E-state index contributed by atoms with van der Waals surface area (Å²) in [4.78, 5) is 45.3. The summed E-state index contributed by atoms with van der Waals surface area (Å²) < 4.78 is 29.6. The Morgan fingerprint density at radius 3 is 2.52 bits per heavy atom. The van der Waals surface area contributed by atoms with Crippen LogP contribution in [0.3, 0.4) is 0 Å². The van der Waals surface area contributed by atoms with Gasteiger partial charge in [0.15, 0.2) is 0 Å². The molecular formula is C26H34ClN5O5S3. The second-order valence-electron chi connectivity index (χ2n) is 10.6. The number of piperidine rings is 1. The molecule has 2 aromatic heterocycles. The Morgan fingerprint density at radius 2 is 1.77 bits per heavy atom. The molecule has 3 amide bonds. The smallest absolute Gasteiger partial charge is 0.250 e. The van der Waals surface area contributed by atoms with Crippen LogP contribution in [0, 0.1) is 0 Å². The van der Waals surface area contributed by atoms with E-state index in [4.69, 9.17) is 11.6 Å². The largest absolute Gasteiger partial charge is 0.352 e. The zero-order valence-corrected chi connectivity index (χ0v) is 25.5. The third kappa shape index (κ3) is 6.88. The fourth-order valence-corrected chi connectivity index (χ4v) is 9.49. The van der Waals surface area contributed by atoms with Crippen LogP contribution in [-0.4, -0.2) is 98.2 Å². The normalized spacial score (nSPS) is 24.1. The lowest BCUT2D eigenvalue weighted by Gasteiger charge is -2.34. The molecule has 2 N–H and O–H groups in total. The summed E-state index contributed by atoms with van der Waals surface area (Å²) in [5.41, 5.74) is 0. The van der Waals surface area contributed by atoms with E-state index in [1.54, 1.807) is 12.1 Å². The van der Waals surface area contributed by atoms with Gasteiger partial charge in [-0.1, -0.05) is 11.6 Å². The van der Waals surface area contributed by atoms with Gasteiger partial charge in [0.05, 0.1) is 10.9 Å². The van der Waals surface area contributed by atoms with Gasteiger partial charge in [-0.25, -0.2) is 8.42 Å². The Morgan fingerprint density at radius 1 is 1.02 bits per heavy atom. The molecule has 3 atom stereocenters. The molecule has 2 aromatic rings. The van der Waals surface area contributed by atoms with E-state index < -0.39 is 16.1 Å². The highest BCUT2D eigenvalue weighted by Crippen LogP contribution is 2.37. The molecule has 10 nitrogen and oxygen atoms in total. The highest BCUT2D eigenvalue weighted by Gasteiger charge is 2.37. The summed E-state index contributed by atoms with van der Waals surface area (Å²) in [6.07, 6.45) is 3.71. The van der Waals surface area contributed by atoms with Gasteiger partial charge in [0.1, 0.15) is 10.3 Å². The highest BCUT2D eigenvalue weighted by molar-refractivity contribution is 7.91. The van der Waals surface area contributed by atoms with Crippen molar-refractivity contribution in [2.24, 2.45) is 0 Å². The SMILES string of the molecule is CC(=O)NC1CCN(CC2CCCN2C(=O)CN2CCCC(NS(=O)(=O)c3ccc(-c4ccc(Cl)s4)s3)C2=O)C1. The van der Waals surface area contributed by atoms with Crippen molar-refractivity contribution < 1.29 is 22.8 Å². The van der Waals surface area contributed by atoms with Gasteiger partial charge < -0.3 is 15.1 Å². The van der Waals surface area contributed by atoms with E-state index >= 15 is 0 Å². The van der Waals surface area contributed by atoms with Crippen LogP contribution < -0.4 is 10.0 Å². The number of hydrogen-bond donors (Lipinski definition) is 2. The Labute approximate surface area is 247 Å². The van der Waals surface area contributed by atoms with Crippen molar-refractivity contribution in [2.45, 2.75) is 61.4 Å². The summed E-state index contributed by atoms with van der Waals surface area (Å²) in [5.74, 6) is -0.493. The Kier molecular flexibility index (Phi) is 9.17. The zero-order valence-electron chi connectivity index (χ0n) is 22.3. The first-order valence-electron chi connectivity index (χ1n) is 13.5. The summed E-state index contributed by atoms with van der Waals surface area (Å²) in [6.45, 7) is 4.95.